The molecule has 1 aromatic carbocycles. The lowest BCUT2D eigenvalue weighted by Gasteiger charge is -2.27. The number of nitrogens with one attached hydrogen (secondary N) is 2. The normalized spacial score (nSPS) is 26.8. The van der Waals surface area contributed by atoms with E-state index in [-0.39, 0.29) is 12.3 Å². The summed E-state index contributed by atoms with van der Waals surface area (Å²) in [6, 6.07) is 7.49. The van der Waals surface area contributed by atoms with Crippen LogP contribution in [-0.4, -0.2) is 66.5 Å². The van der Waals surface area contributed by atoms with Gasteiger partial charge in [-0.05, 0) is 17.5 Å². The fourth-order valence-electron chi connectivity index (χ4n) is 3.85. The van der Waals surface area contributed by atoms with Crippen molar-refractivity contribution in [3.05, 3.63) is 35.4 Å². The van der Waals surface area contributed by atoms with Crippen molar-refractivity contribution in [1.29, 1.82) is 0 Å². The first-order chi connectivity index (χ1) is 13.1. The first-order valence-electron chi connectivity index (χ1n) is 9.43. The van der Waals surface area contributed by atoms with Crippen LogP contribution in [0.2, 0.25) is 0 Å². The van der Waals surface area contributed by atoms with Gasteiger partial charge in [-0.25, -0.2) is 4.79 Å². The highest BCUT2D eigenvalue weighted by Gasteiger charge is 2.41. The van der Waals surface area contributed by atoms with Crippen molar-refractivity contribution in [3.63, 3.8) is 0 Å². The number of hydrogen-bond donors (Lipinski definition) is 2. The standard InChI is InChI=1S/C19H24N4O4/c24-17-6-5-15(18(25)21-17)23-12-16(27-19(23)26)14-3-1-13(2-4-14)11-22-9-7-20-8-10-22/h1-4,15-16,20H,5-12H2,(H,21,24,25). The Kier molecular flexibility index (Phi) is 5.09. The minimum absolute atomic E-state index is 0.242. The largest absolute Gasteiger partial charge is 0.439 e. The number of rotatable bonds is 4. The minimum Gasteiger partial charge on any atom is -0.439 e. The number of piperazine rings is 1. The summed E-state index contributed by atoms with van der Waals surface area (Å²) in [5.74, 6) is -0.712. The van der Waals surface area contributed by atoms with Crippen molar-refractivity contribution in [2.45, 2.75) is 31.5 Å². The van der Waals surface area contributed by atoms with Gasteiger partial charge in [0, 0.05) is 39.1 Å². The quantitative estimate of drug-likeness (QED) is 0.743. The number of carbonyl (C=O) groups excluding carboxylic acids is 3. The van der Waals surface area contributed by atoms with E-state index in [1.54, 1.807) is 0 Å². The molecule has 0 radical (unpaired) electrons. The molecule has 3 saturated heterocycles. The van der Waals surface area contributed by atoms with Crippen LogP contribution in [0.1, 0.15) is 30.1 Å². The average Bonchev–Trinajstić information content (AvgIpc) is 3.05. The monoisotopic (exact) mass is 372 g/mol. The third kappa shape index (κ3) is 3.96. The predicted octanol–water partition coefficient (Wildman–Crippen LogP) is 0.390. The molecule has 3 aliphatic heterocycles. The number of cyclic esters (lactones) is 1. The number of piperidine rings is 1. The number of imide groups is 1. The van der Waals surface area contributed by atoms with Gasteiger partial charge in [-0.1, -0.05) is 24.3 Å². The van der Waals surface area contributed by atoms with E-state index in [0.717, 1.165) is 38.3 Å². The highest BCUT2D eigenvalue weighted by Crippen LogP contribution is 2.29. The SMILES string of the molecule is O=C1CCC(N2CC(c3ccc(CN4CCNCC4)cc3)OC2=O)C(=O)N1. The molecule has 3 aliphatic rings. The summed E-state index contributed by atoms with van der Waals surface area (Å²) in [7, 11) is 0. The molecule has 3 fully saturated rings. The topological polar surface area (TPSA) is 91.0 Å². The van der Waals surface area contributed by atoms with E-state index in [1.807, 2.05) is 12.1 Å². The smallest absolute Gasteiger partial charge is 0.411 e. The van der Waals surface area contributed by atoms with Gasteiger partial charge in [0.15, 0.2) is 0 Å². The summed E-state index contributed by atoms with van der Waals surface area (Å²) >= 11 is 0. The molecule has 144 valence electrons. The van der Waals surface area contributed by atoms with Gasteiger partial charge in [0.1, 0.15) is 12.1 Å². The highest BCUT2D eigenvalue weighted by atomic mass is 16.6. The Morgan fingerprint density at radius 1 is 1.07 bits per heavy atom. The van der Waals surface area contributed by atoms with E-state index >= 15 is 0 Å². The lowest BCUT2D eigenvalue weighted by molar-refractivity contribution is -0.136. The summed E-state index contributed by atoms with van der Waals surface area (Å²) in [4.78, 5) is 39.4. The molecule has 8 nitrogen and oxygen atoms in total. The molecule has 0 spiro atoms. The van der Waals surface area contributed by atoms with E-state index in [0.29, 0.717) is 13.0 Å². The number of carbonyl (C=O) groups is 3. The van der Waals surface area contributed by atoms with Crippen LogP contribution in [-0.2, 0) is 20.9 Å². The molecule has 2 N–H and O–H groups in total. The Hall–Kier alpha value is -2.45. The third-order valence-corrected chi connectivity index (χ3v) is 5.39. The van der Waals surface area contributed by atoms with Gasteiger partial charge >= 0.3 is 6.09 Å². The van der Waals surface area contributed by atoms with E-state index in [2.05, 4.69) is 27.7 Å². The molecule has 1 aromatic rings. The second-order valence-electron chi connectivity index (χ2n) is 7.26. The lowest BCUT2D eigenvalue weighted by Crippen LogP contribution is -2.52. The molecular formula is C19H24N4O4. The van der Waals surface area contributed by atoms with E-state index < -0.39 is 24.1 Å². The Morgan fingerprint density at radius 3 is 2.52 bits per heavy atom. The van der Waals surface area contributed by atoms with Crippen molar-refractivity contribution >= 4 is 17.9 Å². The fourth-order valence-corrected chi connectivity index (χ4v) is 3.85. The zero-order valence-electron chi connectivity index (χ0n) is 15.1. The number of hydrogen-bond acceptors (Lipinski definition) is 6. The van der Waals surface area contributed by atoms with Crippen LogP contribution in [0.15, 0.2) is 24.3 Å². The predicted molar refractivity (Wildman–Crippen MR) is 96.7 cm³/mol. The maximum atomic E-state index is 12.2. The molecule has 3 amide bonds. The molecule has 0 aromatic heterocycles. The molecule has 2 atom stereocenters. The minimum atomic E-state index is -0.632. The van der Waals surface area contributed by atoms with Crippen LogP contribution in [0, 0.1) is 0 Å². The van der Waals surface area contributed by atoms with Gasteiger partial charge < -0.3 is 10.1 Å². The van der Waals surface area contributed by atoms with E-state index in [4.69, 9.17) is 4.74 Å². The number of ether oxygens (including phenoxy) is 1. The number of benzene rings is 1. The second kappa shape index (κ2) is 7.66. The molecular weight excluding hydrogens is 348 g/mol. The first kappa shape index (κ1) is 17.9. The summed E-state index contributed by atoms with van der Waals surface area (Å²) in [6.07, 6.45) is -0.308. The molecule has 2 unspecified atom stereocenters. The van der Waals surface area contributed by atoms with Gasteiger partial charge in [-0.15, -0.1) is 0 Å². The Bertz CT molecular complexity index is 730. The number of amides is 3. The maximum Gasteiger partial charge on any atom is 0.411 e. The van der Waals surface area contributed by atoms with Crippen LogP contribution >= 0.6 is 0 Å². The van der Waals surface area contributed by atoms with E-state index in [1.165, 1.54) is 10.5 Å². The van der Waals surface area contributed by atoms with Gasteiger partial charge in [0.2, 0.25) is 11.8 Å². The van der Waals surface area contributed by atoms with Crippen LogP contribution in [0.3, 0.4) is 0 Å². The van der Waals surface area contributed by atoms with Crippen LogP contribution in [0.5, 0.6) is 0 Å². The second-order valence-corrected chi connectivity index (χ2v) is 7.26. The lowest BCUT2D eigenvalue weighted by atomic mass is 10.0. The average molecular weight is 372 g/mol. The fraction of sp³-hybridized carbons (Fsp3) is 0.526. The van der Waals surface area contributed by atoms with Gasteiger partial charge in [-0.2, -0.15) is 0 Å². The molecule has 0 saturated carbocycles. The van der Waals surface area contributed by atoms with Crippen LogP contribution < -0.4 is 10.6 Å². The van der Waals surface area contributed by atoms with Crippen molar-refractivity contribution in [3.8, 4) is 0 Å². The van der Waals surface area contributed by atoms with Crippen molar-refractivity contribution in [2.75, 3.05) is 32.7 Å². The van der Waals surface area contributed by atoms with Crippen molar-refractivity contribution < 1.29 is 19.1 Å². The zero-order valence-corrected chi connectivity index (χ0v) is 15.1. The van der Waals surface area contributed by atoms with Crippen LogP contribution in [0.25, 0.3) is 0 Å². The van der Waals surface area contributed by atoms with Crippen molar-refractivity contribution in [1.82, 2.24) is 20.4 Å². The van der Waals surface area contributed by atoms with Gasteiger partial charge in [0.05, 0.1) is 6.54 Å². The third-order valence-electron chi connectivity index (χ3n) is 5.39. The summed E-state index contributed by atoms with van der Waals surface area (Å²) < 4.78 is 5.48. The zero-order chi connectivity index (χ0) is 18.8. The van der Waals surface area contributed by atoms with Crippen molar-refractivity contribution in [2.24, 2.45) is 0 Å². The Morgan fingerprint density at radius 2 is 1.81 bits per heavy atom. The Balaban J connectivity index is 1.38. The molecule has 3 heterocycles. The first-order valence-corrected chi connectivity index (χ1v) is 9.43. The summed E-state index contributed by atoms with van der Waals surface area (Å²) in [5, 5.41) is 5.64. The molecule has 0 aliphatic carbocycles. The van der Waals surface area contributed by atoms with E-state index in [9.17, 15) is 14.4 Å². The summed E-state index contributed by atoms with van der Waals surface area (Å²) in [6.45, 7) is 5.36. The molecule has 0 bridgehead atoms. The molecule has 8 heteroatoms. The molecule has 27 heavy (non-hydrogen) atoms. The van der Waals surface area contributed by atoms with Gasteiger partial charge in [-0.3, -0.25) is 24.7 Å². The van der Waals surface area contributed by atoms with Crippen LogP contribution in [0.4, 0.5) is 4.79 Å². The Labute approximate surface area is 157 Å². The molecule has 4 rings (SSSR count). The summed E-state index contributed by atoms with van der Waals surface area (Å²) in [5.41, 5.74) is 2.15. The van der Waals surface area contributed by atoms with Gasteiger partial charge in [0.25, 0.3) is 0 Å². The highest BCUT2D eigenvalue weighted by molar-refractivity contribution is 6.01. The number of nitrogens with zero attached hydrogens (tertiary/aromatic N) is 2. The maximum absolute atomic E-state index is 12.2.